The molecule has 2 aromatic carbocycles. The average Bonchev–Trinajstić information content (AvgIpc) is 3.10. The summed E-state index contributed by atoms with van der Waals surface area (Å²) >= 11 is 8.86. The monoisotopic (exact) mass is 429 g/mol. The zero-order chi connectivity index (χ0) is 19.5. The van der Waals surface area contributed by atoms with Gasteiger partial charge in [0.05, 0.1) is 0 Å². The summed E-state index contributed by atoms with van der Waals surface area (Å²) in [6.07, 6.45) is 0. The number of benzene rings is 2. The van der Waals surface area contributed by atoms with Crippen LogP contribution < -0.4 is 0 Å². The molecule has 0 unspecified atom stereocenters. The lowest BCUT2D eigenvalue weighted by Crippen LogP contribution is -1.90. The van der Waals surface area contributed by atoms with E-state index in [0.29, 0.717) is 31.9 Å². The van der Waals surface area contributed by atoms with Crippen LogP contribution in [0, 0.1) is 12.7 Å². The molecule has 5 nitrogen and oxygen atoms in total. The van der Waals surface area contributed by atoms with Crippen LogP contribution in [0.15, 0.2) is 74.8 Å². The molecular weight excluding hydrogens is 417 g/mol. The van der Waals surface area contributed by atoms with Gasteiger partial charge in [-0.25, -0.2) is 14.4 Å². The van der Waals surface area contributed by atoms with Gasteiger partial charge in [-0.15, -0.1) is 10.2 Å². The lowest BCUT2D eigenvalue weighted by molar-refractivity contribution is 0.627. The van der Waals surface area contributed by atoms with E-state index in [9.17, 15) is 4.39 Å². The minimum atomic E-state index is -0.314. The molecule has 0 saturated heterocycles. The first-order valence-corrected chi connectivity index (χ1v) is 10.2. The maximum atomic E-state index is 13.6. The molecule has 0 fully saturated rings. The van der Waals surface area contributed by atoms with Crippen LogP contribution in [0.4, 0.5) is 4.39 Å². The smallest absolute Gasteiger partial charge is 0.195 e. The van der Waals surface area contributed by atoms with E-state index in [2.05, 4.69) is 25.1 Å². The number of nitrogens with one attached hydrogen (secondary N) is 1. The molecule has 9 heteroatoms. The van der Waals surface area contributed by atoms with E-state index in [1.165, 1.54) is 35.7 Å². The number of hydrogen-bond acceptors (Lipinski definition) is 6. The normalized spacial score (nSPS) is 11.0. The minimum Gasteiger partial charge on any atom is -0.316 e. The molecule has 2 heterocycles. The molecule has 0 aliphatic rings. The predicted octanol–water partition coefficient (Wildman–Crippen LogP) is 5.67. The number of aryl methyl sites for hydroxylation is 1. The van der Waals surface area contributed by atoms with E-state index >= 15 is 0 Å². The first-order chi connectivity index (χ1) is 13.5. The van der Waals surface area contributed by atoms with Gasteiger partial charge in [0.15, 0.2) is 16.1 Å². The highest BCUT2D eigenvalue weighted by molar-refractivity contribution is 7.99. The number of halogens is 2. The van der Waals surface area contributed by atoms with Gasteiger partial charge in [0.2, 0.25) is 0 Å². The molecule has 0 saturated carbocycles. The van der Waals surface area contributed by atoms with Crippen molar-refractivity contribution in [3.05, 3.63) is 71.1 Å². The van der Waals surface area contributed by atoms with E-state index in [4.69, 9.17) is 11.6 Å². The second-order valence-electron chi connectivity index (χ2n) is 5.82. The van der Waals surface area contributed by atoms with Crippen LogP contribution in [0.1, 0.15) is 5.56 Å². The molecular formula is C19H13ClFN5S2. The van der Waals surface area contributed by atoms with Crippen LogP contribution in [0.5, 0.6) is 0 Å². The Kier molecular flexibility index (Phi) is 5.61. The number of aromatic nitrogens is 5. The molecule has 0 aliphatic carbocycles. The Bertz CT molecular complexity index is 1100. The zero-order valence-corrected chi connectivity index (χ0v) is 16.9. The lowest BCUT2D eigenvalue weighted by atomic mass is 10.1. The second kappa shape index (κ2) is 8.30. The van der Waals surface area contributed by atoms with Gasteiger partial charge in [0.25, 0.3) is 0 Å². The minimum absolute atomic E-state index is 0.314. The fourth-order valence-corrected chi connectivity index (χ4v) is 4.34. The third-order valence-corrected chi connectivity index (χ3v) is 5.45. The summed E-state index contributed by atoms with van der Waals surface area (Å²) in [5, 5.41) is 10.3. The third kappa shape index (κ3) is 4.70. The molecule has 4 rings (SSSR count). The van der Waals surface area contributed by atoms with Crippen molar-refractivity contribution >= 4 is 35.1 Å². The van der Waals surface area contributed by atoms with Crippen LogP contribution >= 0.6 is 35.1 Å². The Morgan fingerprint density at radius 1 is 0.964 bits per heavy atom. The highest BCUT2D eigenvalue weighted by Crippen LogP contribution is 2.31. The first kappa shape index (κ1) is 18.9. The van der Waals surface area contributed by atoms with Crippen LogP contribution in [0.25, 0.3) is 11.4 Å². The summed E-state index contributed by atoms with van der Waals surface area (Å²) in [5.41, 5.74) is 1.45. The van der Waals surface area contributed by atoms with Gasteiger partial charge in [-0.2, -0.15) is 0 Å². The van der Waals surface area contributed by atoms with Crippen molar-refractivity contribution in [1.29, 1.82) is 0 Å². The van der Waals surface area contributed by atoms with Crippen LogP contribution in [0.2, 0.25) is 5.15 Å². The quantitative estimate of drug-likeness (QED) is 0.326. The van der Waals surface area contributed by atoms with Gasteiger partial charge in [0, 0.05) is 16.5 Å². The third-order valence-electron chi connectivity index (χ3n) is 3.59. The van der Waals surface area contributed by atoms with Crippen molar-refractivity contribution < 1.29 is 4.39 Å². The van der Waals surface area contributed by atoms with Crippen molar-refractivity contribution in [3.8, 4) is 11.4 Å². The predicted molar refractivity (Wildman–Crippen MR) is 108 cm³/mol. The Morgan fingerprint density at radius 2 is 1.79 bits per heavy atom. The van der Waals surface area contributed by atoms with E-state index in [1.54, 1.807) is 6.07 Å². The van der Waals surface area contributed by atoms with E-state index in [0.717, 1.165) is 10.5 Å². The van der Waals surface area contributed by atoms with E-state index < -0.39 is 0 Å². The fraction of sp³-hybridized carbons (Fsp3) is 0.0526. The molecule has 0 atom stereocenters. The van der Waals surface area contributed by atoms with Gasteiger partial charge in [-0.1, -0.05) is 29.8 Å². The zero-order valence-electron chi connectivity index (χ0n) is 14.6. The molecule has 0 radical (unpaired) electrons. The molecule has 1 N–H and O–H groups in total. The molecule has 140 valence electrons. The summed E-state index contributed by atoms with van der Waals surface area (Å²) in [4.78, 5) is 12.9. The Hall–Kier alpha value is -2.42. The topological polar surface area (TPSA) is 67.3 Å². The number of rotatable bonds is 5. The van der Waals surface area contributed by atoms with Crippen LogP contribution in [-0.2, 0) is 0 Å². The molecule has 4 aromatic rings. The van der Waals surface area contributed by atoms with Gasteiger partial charge in [-0.3, -0.25) is 0 Å². The Balaban J connectivity index is 1.55. The summed E-state index contributed by atoms with van der Waals surface area (Å²) < 4.78 is 13.6. The molecule has 2 aromatic heterocycles. The van der Waals surface area contributed by atoms with E-state index in [-0.39, 0.29) is 5.82 Å². The van der Waals surface area contributed by atoms with Crippen LogP contribution in [-0.4, -0.2) is 25.1 Å². The summed E-state index contributed by atoms with van der Waals surface area (Å²) in [6.45, 7) is 1.83. The van der Waals surface area contributed by atoms with Crippen LogP contribution in [0.3, 0.4) is 0 Å². The molecule has 0 amide bonds. The standard InChI is InChI=1S/C19H13ClFN5S2/c1-11-7-12(9-13(21)8-11)17-24-19(26-25-17)28-16-10-15(20)22-18(23-16)27-14-5-3-2-4-6-14/h2-10H,1H3,(H,24,25,26). The molecule has 0 spiro atoms. The van der Waals surface area contributed by atoms with Gasteiger partial charge in [-0.05, 0) is 66.3 Å². The SMILES string of the molecule is Cc1cc(F)cc(-c2nnc(Sc3cc(Cl)nc(Sc4ccccc4)n3)[nH]2)c1. The number of H-pyrrole nitrogens is 1. The number of nitrogens with zero attached hydrogens (tertiary/aromatic N) is 4. The average molecular weight is 430 g/mol. The molecule has 0 bridgehead atoms. The maximum Gasteiger partial charge on any atom is 0.195 e. The highest BCUT2D eigenvalue weighted by Gasteiger charge is 2.12. The fourth-order valence-electron chi connectivity index (χ4n) is 2.46. The van der Waals surface area contributed by atoms with Crippen molar-refractivity contribution in [2.45, 2.75) is 27.2 Å². The van der Waals surface area contributed by atoms with E-state index in [1.807, 2.05) is 43.3 Å². The Morgan fingerprint density at radius 3 is 2.57 bits per heavy atom. The molecule has 28 heavy (non-hydrogen) atoms. The first-order valence-electron chi connectivity index (χ1n) is 8.21. The van der Waals surface area contributed by atoms with Gasteiger partial charge in [0.1, 0.15) is 16.0 Å². The van der Waals surface area contributed by atoms with Crippen molar-refractivity contribution in [3.63, 3.8) is 0 Å². The van der Waals surface area contributed by atoms with Crippen molar-refractivity contribution in [2.75, 3.05) is 0 Å². The van der Waals surface area contributed by atoms with Crippen molar-refractivity contribution in [2.24, 2.45) is 0 Å². The number of aromatic amines is 1. The van der Waals surface area contributed by atoms with Gasteiger partial charge < -0.3 is 4.98 Å². The summed E-state index contributed by atoms with van der Waals surface area (Å²) in [7, 11) is 0. The lowest BCUT2D eigenvalue weighted by Gasteiger charge is -2.03. The number of hydrogen-bond donors (Lipinski definition) is 1. The maximum absolute atomic E-state index is 13.6. The van der Waals surface area contributed by atoms with Gasteiger partial charge >= 0.3 is 0 Å². The second-order valence-corrected chi connectivity index (χ2v) is 8.26. The largest absolute Gasteiger partial charge is 0.316 e. The van der Waals surface area contributed by atoms with Crippen molar-refractivity contribution in [1.82, 2.24) is 25.1 Å². The summed E-state index contributed by atoms with van der Waals surface area (Å²) in [6, 6.07) is 16.2. The highest BCUT2D eigenvalue weighted by atomic mass is 35.5. The Labute approximate surface area is 174 Å². The summed E-state index contributed by atoms with van der Waals surface area (Å²) in [5.74, 6) is 0.176. The molecule has 0 aliphatic heterocycles.